The van der Waals surface area contributed by atoms with Crippen LogP contribution in [-0.4, -0.2) is 26.8 Å². The zero-order valence-corrected chi connectivity index (χ0v) is 19.7. The van der Waals surface area contributed by atoms with Crippen LogP contribution < -0.4 is 10.9 Å². The van der Waals surface area contributed by atoms with Crippen molar-refractivity contribution in [2.45, 2.75) is 56.5 Å². The molecule has 174 valence electrons. The molecule has 4 rings (SSSR count). The zero-order valence-electron chi connectivity index (χ0n) is 18.8. The summed E-state index contributed by atoms with van der Waals surface area (Å²) in [7, 11) is 0. The molecule has 0 radical (unpaired) electrons. The van der Waals surface area contributed by atoms with Crippen molar-refractivity contribution >= 4 is 28.6 Å². The number of thioether (sulfide) groups is 1. The van der Waals surface area contributed by atoms with E-state index in [1.807, 2.05) is 0 Å². The average Bonchev–Trinajstić information content (AvgIpc) is 2.78. The zero-order chi connectivity index (χ0) is 23.7. The van der Waals surface area contributed by atoms with Gasteiger partial charge in [-0.25, -0.2) is 13.8 Å². The van der Waals surface area contributed by atoms with E-state index in [-0.39, 0.29) is 22.8 Å². The molecule has 5 nitrogen and oxygen atoms in total. The quantitative estimate of drug-likeness (QED) is 0.416. The highest BCUT2D eigenvalue weighted by molar-refractivity contribution is 8.00. The second-order valence-corrected chi connectivity index (χ2v) is 10.1. The smallest absolute Gasteiger partial charge is 0.266 e. The first-order chi connectivity index (χ1) is 15.8. The van der Waals surface area contributed by atoms with Gasteiger partial charge in [0.2, 0.25) is 5.91 Å². The highest BCUT2D eigenvalue weighted by atomic mass is 32.2. The fraction of sp³-hybridized carbons (Fsp3) is 0.400. The van der Waals surface area contributed by atoms with E-state index >= 15 is 0 Å². The summed E-state index contributed by atoms with van der Waals surface area (Å²) in [5.41, 5.74) is -0.133. The van der Waals surface area contributed by atoms with Crippen molar-refractivity contribution in [3.05, 3.63) is 64.5 Å². The molecule has 33 heavy (non-hydrogen) atoms. The third-order valence-electron chi connectivity index (χ3n) is 6.58. The van der Waals surface area contributed by atoms with Crippen LogP contribution in [-0.2, 0) is 4.79 Å². The summed E-state index contributed by atoms with van der Waals surface area (Å²) >= 11 is 1.09. The molecule has 0 saturated heterocycles. The van der Waals surface area contributed by atoms with Crippen molar-refractivity contribution in [2.75, 3.05) is 0 Å². The molecule has 3 aromatic rings. The molecule has 0 spiro atoms. The van der Waals surface area contributed by atoms with Gasteiger partial charge in [-0.05, 0) is 49.4 Å². The molecular weight excluding hydrogens is 444 g/mol. The number of para-hydroxylation sites is 1. The van der Waals surface area contributed by atoms with Gasteiger partial charge in [-0.15, -0.1) is 0 Å². The lowest BCUT2D eigenvalue weighted by molar-refractivity contribution is -0.121. The predicted octanol–water partition coefficient (Wildman–Crippen LogP) is 5.09. The molecule has 1 aliphatic rings. The summed E-state index contributed by atoms with van der Waals surface area (Å²) in [5.74, 6) is -0.848. The second kappa shape index (κ2) is 9.63. The molecule has 1 heterocycles. The van der Waals surface area contributed by atoms with E-state index in [0.717, 1.165) is 47.7 Å². The Morgan fingerprint density at radius 3 is 2.70 bits per heavy atom. The minimum Gasteiger partial charge on any atom is -0.352 e. The van der Waals surface area contributed by atoms with E-state index in [4.69, 9.17) is 0 Å². The topological polar surface area (TPSA) is 64.0 Å². The number of halogens is 2. The van der Waals surface area contributed by atoms with Gasteiger partial charge in [-0.2, -0.15) is 0 Å². The number of aromatic nitrogens is 2. The van der Waals surface area contributed by atoms with E-state index in [1.54, 1.807) is 31.2 Å². The number of carbonyl (C=O) groups is 1. The van der Waals surface area contributed by atoms with Gasteiger partial charge in [0, 0.05) is 12.1 Å². The molecule has 4 atom stereocenters. The molecule has 1 aliphatic carbocycles. The van der Waals surface area contributed by atoms with E-state index in [1.165, 1.54) is 6.07 Å². The van der Waals surface area contributed by atoms with Crippen LogP contribution in [0.5, 0.6) is 0 Å². The Hall–Kier alpha value is -2.74. The number of hydrogen-bond acceptors (Lipinski definition) is 4. The van der Waals surface area contributed by atoms with Crippen molar-refractivity contribution in [2.24, 2.45) is 11.8 Å². The Kier molecular flexibility index (Phi) is 6.83. The molecule has 0 unspecified atom stereocenters. The van der Waals surface area contributed by atoms with Crippen LogP contribution in [0.1, 0.15) is 40.0 Å². The van der Waals surface area contributed by atoms with Gasteiger partial charge in [0.1, 0.15) is 11.6 Å². The summed E-state index contributed by atoms with van der Waals surface area (Å²) in [6, 6.07) is 9.90. The van der Waals surface area contributed by atoms with Gasteiger partial charge in [0.25, 0.3) is 5.56 Å². The van der Waals surface area contributed by atoms with Gasteiger partial charge < -0.3 is 5.32 Å². The molecular formula is C25H27F2N3O2S. The third-order valence-corrected chi connectivity index (χ3v) is 7.63. The Bertz CT molecular complexity index is 1250. The van der Waals surface area contributed by atoms with Crippen LogP contribution in [0.15, 0.2) is 52.4 Å². The maximum absolute atomic E-state index is 14.7. The van der Waals surface area contributed by atoms with E-state index in [2.05, 4.69) is 24.1 Å². The lowest BCUT2D eigenvalue weighted by Crippen LogP contribution is -2.46. The Morgan fingerprint density at radius 1 is 1.18 bits per heavy atom. The monoisotopic (exact) mass is 471 g/mol. The first kappa shape index (κ1) is 23.4. The molecule has 8 heteroatoms. The number of hydrogen-bond donors (Lipinski definition) is 1. The lowest BCUT2D eigenvalue weighted by atomic mass is 9.78. The SMILES string of the molecule is C[C@@H]1[C@H](C)CCC[C@H]1NC(=O)[C@H](C)Sc1nc2ccccc2c(=O)n1-c1ccc(F)cc1F. The first-order valence-corrected chi connectivity index (χ1v) is 12.1. The van der Waals surface area contributed by atoms with Gasteiger partial charge >= 0.3 is 0 Å². The summed E-state index contributed by atoms with van der Waals surface area (Å²) in [5, 5.41) is 3.07. The average molecular weight is 472 g/mol. The van der Waals surface area contributed by atoms with Gasteiger partial charge in [-0.1, -0.05) is 50.6 Å². The Morgan fingerprint density at radius 2 is 1.94 bits per heavy atom. The summed E-state index contributed by atoms with van der Waals surface area (Å²) < 4.78 is 29.3. The van der Waals surface area contributed by atoms with Crippen molar-refractivity contribution in [3.8, 4) is 5.69 Å². The fourth-order valence-electron chi connectivity index (χ4n) is 4.36. The fourth-order valence-corrected chi connectivity index (χ4v) is 5.29. The third kappa shape index (κ3) is 4.81. The van der Waals surface area contributed by atoms with Crippen LogP contribution in [0.3, 0.4) is 0 Å². The van der Waals surface area contributed by atoms with Crippen molar-refractivity contribution in [3.63, 3.8) is 0 Å². The Balaban J connectivity index is 1.69. The maximum Gasteiger partial charge on any atom is 0.266 e. The number of carbonyl (C=O) groups excluding carboxylic acids is 1. The van der Waals surface area contributed by atoms with Gasteiger partial charge in [-0.3, -0.25) is 14.2 Å². The molecule has 0 aliphatic heterocycles. The summed E-state index contributed by atoms with van der Waals surface area (Å²) in [4.78, 5) is 30.8. The minimum absolute atomic E-state index is 0.102. The van der Waals surface area contributed by atoms with Crippen LogP contribution in [0.2, 0.25) is 0 Å². The van der Waals surface area contributed by atoms with E-state index in [9.17, 15) is 18.4 Å². The normalized spacial score (nSPS) is 21.7. The Labute approximate surface area is 195 Å². The minimum atomic E-state index is -0.877. The van der Waals surface area contributed by atoms with Crippen molar-refractivity contribution < 1.29 is 13.6 Å². The lowest BCUT2D eigenvalue weighted by Gasteiger charge is -2.35. The molecule has 2 aromatic carbocycles. The highest BCUT2D eigenvalue weighted by Gasteiger charge is 2.30. The number of nitrogens with zero attached hydrogens (tertiary/aromatic N) is 2. The van der Waals surface area contributed by atoms with Crippen LogP contribution in [0.25, 0.3) is 16.6 Å². The first-order valence-electron chi connectivity index (χ1n) is 11.2. The molecule has 1 aromatic heterocycles. The summed E-state index contributed by atoms with van der Waals surface area (Å²) in [6.07, 6.45) is 3.18. The molecule has 0 bridgehead atoms. The van der Waals surface area contributed by atoms with Crippen molar-refractivity contribution in [1.82, 2.24) is 14.9 Å². The van der Waals surface area contributed by atoms with Crippen LogP contribution >= 0.6 is 11.8 Å². The van der Waals surface area contributed by atoms with E-state index in [0.29, 0.717) is 22.7 Å². The number of amides is 1. The second-order valence-electron chi connectivity index (χ2n) is 8.79. The van der Waals surface area contributed by atoms with Gasteiger partial charge in [0.15, 0.2) is 5.16 Å². The molecule has 1 fully saturated rings. The molecule has 1 saturated carbocycles. The standard InChI is InChI=1S/C25H27F2N3O2S/c1-14-7-6-10-20(15(14)2)28-23(31)16(3)33-25-29-21-9-5-4-8-18(21)24(32)30(25)22-12-11-17(26)13-19(22)27/h4-5,8-9,11-16,20H,6-7,10H2,1-3H3,(H,28,31)/t14-,15-,16+,20-/m1/s1. The highest BCUT2D eigenvalue weighted by Crippen LogP contribution is 2.31. The number of nitrogens with one attached hydrogen (secondary N) is 1. The summed E-state index contributed by atoms with van der Waals surface area (Å²) in [6.45, 7) is 6.10. The van der Waals surface area contributed by atoms with Crippen LogP contribution in [0.4, 0.5) is 8.78 Å². The number of rotatable bonds is 5. The van der Waals surface area contributed by atoms with E-state index < -0.39 is 22.4 Å². The molecule has 1 N–H and O–H groups in total. The number of benzene rings is 2. The maximum atomic E-state index is 14.7. The number of fused-ring (bicyclic) bond motifs is 1. The largest absolute Gasteiger partial charge is 0.352 e. The molecule has 1 amide bonds. The van der Waals surface area contributed by atoms with Crippen molar-refractivity contribution in [1.29, 1.82) is 0 Å². The van der Waals surface area contributed by atoms with Gasteiger partial charge in [0.05, 0.1) is 21.8 Å². The van der Waals surface area contributed by atoms with Crippen LogP contribution in [0, 0.1) is 23.5 Å². The predicted molar refractivity (Wildman–Crippen MR) is 127 cm³/mol.